The van der Waals surface area contributed by atoms with Gasteiger partial charge in [-0.25, -0.2) is 9.67 Å². The first-order valence-electron chi connectivity index (χ1n) is 6.42. The van der Waals surface area contributed by atoms with Crippen LogP contribution in [0.1, 0.15) is 26.6 Å². The molecule has 102 valence electrons. The van der Waals surface area contributed by atoms with E-state index in [0.717, 1.165) is 32.0 Å². The van der Waals surface area contributed by atoms with Crippen LogP contribution in [0.25, 0.3) is 0 Å². The number of hydrogen-bond acceptors (Lipinski definition) is 5. The second kappa shape index (κ2) is 5.34. The first kappa shape index (κ1) is 13.5. The van der Waals surface area contributed by atoms with E-state index < -0.39 is 0 Å². The van der Waals surface area contributed by atoms with Gasteiger partial charge in [0.2, 0.25) is 0 Å². The van der Waals surface area contributed by atoms with Gasteiger partial charge in [-0.05, 0) is 20.8 Å². The fourth-order valence-electron chi connectivity index (χ4n) is 2.51. The lowest BCUT2D eigenvalue weighted by Crippen LogP contribution is -2.53. The molecule has 0 aromatic carbocycles. The lowest BCUT2D eigenvalue weighted by Gasteiger charge is -2.42. The standard InChI is InChI=1S/C12H22N4O2/c1-4-16-11(13-9-14-16)6-15-5-10(7-17)18-12(2,3)8-15/h9-10,17H,4-8H2,1-3H3. The Morgan fingerprint density at radius 1 is 1.56 bits per heavy atom. The maximum absolute atomic E-state index is 9.28. The van der Waals surface area contributed by atoms with Crippen molar-refractivity contribution in [3.8, 4) is 0 Å². The van der Waals surface area contributed by atoms with E-state index in [9.17, 15) is 5.11 Å². The molecule has 1 aromatic rings. The summed E-state index contributed by atoms with van der Waals surface area (Å²) < 4.78 is 7.69. The van der Waals surface area contributed by atoms with Gasteiger partial charge in [-0.2, -0.15) is 5.10 Å². The van der Waals surface area contributed by atoms with Crippen molar-refractivity contribution in [1.29, 1.82) is 0 Å². The third-order valence-corrected chi connectivity index (χ3v) is 3.12. The Bertz CT molecular complexity index is 391. The molecule has 0 saturated carbocycles. The molecule has 1 saturated heterocycles. The van der Waals surface area contributed by atoms with Crippen LogP contribution < -0.4 is 0 Å². The molecule has 1 fully saturated rings. The Morgan fingerprint density at radius 3 is 3.00 bits per heavy atom. The van der Waals surface area contributed by atoms with Gasteiger partial charge in [0, 0.05) is 19.6 Å². The Labute approximate surface area is 108 Å². The molecule has 1 aliphatic rings. The molecule has 6 heteroatoms. The van der Waals surface area contributed by atoms with Crippen LogP contribution in [0.4, 0.5) is 0 Å². The molecule has 0 amide bonds. The Kier molecular flexibility index (Phi) is 3.99. The maximum atomic E-state index is 9.28. The second-order valence-electron chi connectivity index (χ2n) is 5.34. The van der Waals surface area contributed by atoms with E-state index >= 15 is 0 Å². The Hall–Kier alpha value is -0.980. The maximum Gasteiger partial charge on any atom is 0.140 e. The topological polar surface area (TPSA) is 63.4 Å². The minimum Gasteiger partial charge on any atom is -0.394 e. The van der Waals surface area contributed by atoms with Crippen LogP contribution in [0.5, 0.6) is 0 Å². The summed E-state index contributed by atoms with van der Waals surface area (Å²) in [5.74, 6) is 0.965. The molecule has 1 unspecified atom stereocenters. The fourth-order valence-corrected chi connectivity index (χ4v) is 2.51. The third kappa shape index (κ3) is 3.07. The van der Waals surface area contributed by atoms with Crippen LogP contribution in [0, 0.1) is 0 Å². The predicted octanol–water partition coefficient (Wildman–Crippen LogP) is 0.270. The SMILES string of the molecule is CCn1ncnc1CN1CC(CO)OC(C)(C)C1. The summed E-state index contributed by atoms with van der Waals surface area (Å²) in [4.78, 5) is 6.55. The highest BCUT2D eigenvalue weighted by atomic mass is 16.5. The van der Waals surface area contributed by atoms with Gasteiger partial charge in [0.25, 0.3) is 0 Å². The lowest BCUT2D eigenvalue weighted by atomic mass is 10.1. The van der Waals surface area contributed by atoms with Gasteiger partial charge in [0.05, 0.1) is 24.9 Å². The second-order valence-corrected chi connectivity index (χ2v) is 5.34. The number of morpholine rings is 1. The molecule has 0 spiro atoms. The summed E-state index contributed by atoms with van der Waals surface area (Å²) in [6, 6.07) is 0. The van der Waals surface area contributed by atoms with E-state index in [2.05, 4.69) is 21.9 Å². The Balaban J connectivity index is 2.04. The summed E-state index contributed by atoms with van der Waals surface area (Å²) in [6.07, 6.45) is 1.47. The van der Waals surface area contributed by atoms with Crippen molar-refractivity contribution >= 4 is 0 Å². The molecule has 2 rings (SSSR count). The van der Waals surface area contributed by atoms with Gasteiger partial charge in [-0.3, -0.25) is 4.90 Å². The summed E-state index contributed by atoms with van der Waals surface area (Å²) >= 11 is 0. The van der Waals surface area contributed by atoms with Crippen LogP contribution in [0.3, 0.4) is 0 Å². The predicted molar refractivity (Wildman–Crippen MR) is 67.0 cm³/mol. The van der Waals surface area contributed by atoms with Gasteiger partial charge in [0.1, 0.15) is 12.2 Å². The van der Waals surface area contributed by atoms with Crippen LogP contribution >= 0.6 is 0 Å². The van der Waals surface area contributed by atoms with Gasteiger partial charge in [-0.1, -0.05) is 0 Å². The molecule has 2 heterocycles. The molecule has 1 aliphatic heterocycles. The number of rotatable bonds is 4. The van der Waals surface area contributed by atoms with Gasteiger partial charge in [0.15, 0.2) is 0 Å². The smallest absolute Gasteiger partial charge is 0.140 e. The minimum atomic E-state index is -0.233. The molecule has 1 N–H and O–H groups in total. The number of aliphatic hydroxyl groups is 1. The first-order chi connectivity index (χ1) is 8.54. The monoisotopic (exact) mass is 254 g/mol. The van der Waals surface area contributed by atoms with Crippen molar-refractivity contribution in [3.63, 3.8) is 0 Å². The molecule has 1 atom stereocenters. The number of ether oxygens (including phenoxy) is 1. The third-order valence-electron chi connectivity index (χ3n) is 3.12. The number of aryl methyl sites for hydroxylation is 1. The van der Waals surface area contributed by atoms with Crippen LogP contribution in [0.15, 0.2) is 6.33 Å². The van der Waals surface area contributed by atoms with Gasteiger partial charge < -0.3 is 9.84 Å². The zero-order chi connectivity index (χ0) is 13.2. The molecule has 0 radical (unpaired) electrons. The van der Waals surface area contributed by atoms with Crippen molar-refractivity contribution in [2.45, 2.75) is 45.6 Å². The molecule has 18 heavy (non-hydrogen) atoms. The minimum absolute atomic E-state index is 0.0560. The molecular formula is C12H22N4O2. The van der Waals surface area contributed by atoms with Crippen LogP contribution in [-0.2, 0) is 17.8 Å². The van der Waals surface area contributed by atoms with E-state index in [-0.39, 0.29) is 18.3 Å². The molecule has 0 aliphatic carbocycles. The van der Waals surface area contributed by atoms with Crippen molar-refractivity contribution in [2.24, 2.45) is 0 Å². The van der Waals surface area contributed by atoms with Crippen LogP contribution in [-0.4, -0.2) is 56.2 Å². The van der Waals surface area contributed by atoms with Gasteiger partial charge in [-0.15, -0.1) is 0 Å². The number of aliphatic hydroxyl groups excluding tert-OH is 1. The summed E-state index contributed by atoms with van der Waals surface area (Å²) in [5.41, 5.74) is -0.233. The van der Waals surface area contributed by atoms with Crippen LogP contribution in [0.2, 0.25) is 0 Å². The van der Waals surface area contributed by atoms with Crippen molar-refractivity contribution in [1.82, 2.24) is 19.7 Å². The van der Waals surface area contributed by atoms with Crippen molar-refractivity contribution in [3.05, 3.63) is 12.2 Å². The highest BCUT2D eigenvalue weighted by molar-refractivity contribution is 4.90. The number of aromatic nitrogens is 3. The summed E-state index contributed by atoms with van der Waals surface area (Å²) in [7, 11) is 0. The zero-order valence-corrected chi connectivity index (χ0v) is 11.3. The van der Waals surface area contributed by atoms with E-state index in [1.54, 1.807) is 6.33 Å². The largest absolute Gasteiger partial charge is 0.394 e. The molecule has 6 nitrogen and oxygen atoms in total. The van der Waals surface area contributed by atoms with E-state index in [1.165, 1.54) is 0 Å². The van der Waals surface area contributed by atoms with Gasteiger partial charge >= 0.3 is 0 Å². The van der Waals surface area contributed by atoms with E-state index in [1.807, 2.05) is 18.5 Å². The van der Waals surface area contributed by atoms with Crippen molar-refractivity contribution in [2.75, 3.05) is 19.7 Å². The normalized spacial score (nSPS) is 24.3. The quantitative estimate of drug-likeness (QED) is 0.835. The molecular weight excluding hydrogens is 232 g/mol. The summed E-state index contributed by atoms with van der Waals surface area (Å²) in [5, 5.41) is 13.5. The molecule has 0 bridgehead atoms. The van der Waals surface area contributed by atoms with Crippen molar-refractivity contribution < 1.29 is 9.84 Å². The van der Waals surface area contributed by atoms with E-state index in [4.69, 9.17) is 4.74 Å². The highest BCUT2D eigenvalue weighted by Crippen LogP contribution is 2.21. The Morgan fingerprint density at radius 2 is 2.33 bits per heavy atom. The zero-order valence-electron chi connectivity index (χ0n) is 11.3. The average Bonchev–Trinajstić information content (AvgIpc) is 2.74. The number of nitrogens with zero attached hydrogens (tertiary/aromatic N) is 4. The average molecular weight is 254 g/mol. The number of hydrogen-bond donors (Lipinski definition) is 1. The lowest BCUT2D eigenvalue weighted by molar-refractivity contribution is -0.151. The highest BCUT2D eigenvalue weighted by Gasteiger charge is 2.33. The molecule has 1 aromatic heterocycles. The van der Waals surface area contributed by atoms with E-state index in [0.29, 0.717) is 0 Å². The summed E-state index contributed by atoms with van der Waals surface area (Å²) in [6.45, 7) is 9.34. The first-order valence-corrected chi connectivity index (χ1v) is 6.42. The fraction of sp³-hybridized carbons (Fsp3) is 0.833.